The highest BCUT2D eigenvalue weighted by Crippen LogP contribution is 2.30. The zero-order valence-electron chi connectivity index (χ0n) is 14.2. The molecule has 4 rings (SSSR count). The maximum Gasteiger partial charge on any atom is 0.148 e. The largest absolute Gasteiger partial charge is 0.355 e. The molecular weight excluding hydrogens is 330 g/mol. The van der Waals surface area contributed by atoms with E-state index in [-0.39, 0.29) is 0 Å². The molecule has 0 amide bonds. The summed E-state index contributed by atoms with van der Waals surface area (Å²) in [6.07, 6.45) is 8.96. The molecule has 1 aliphatic rings. The first-order valence-electron chi connectivity index (χ1n) is 8.50. The van der Waals surface area contributed by atoms with Crippen molar-refractivity contribution in [1.82, 2.24) is 19.7 Å². The quantitative estimate of drug-likeness (QED) is 0.659. The molecule has 128 valence electrons. The summed E-state index contributed by atoms with van der Waals surface area (Å²) in [6, 6.07) is 10.5. The van der Waals surface area contributed by atoms with E-state index < -0.39 is 0 Å². The van der Waals surface area contributed by atoms with Crippen LogP contribution in [-0.4, -0.2) is 32.8 Å². The number of nitrogens with zero attached hydrogens (tertiary/aromatic N) is 5. The highest BCUT2D eigenvalue weighted by atomic mass is 32.2. The van der Waals surface area contributed by atoms with E-state index in [0.29, 0.717) is 5.92 Å². The molecule has 0 bridgehead atoms. The Kier molecular flexibility index (Phi) is 4.70. The number of rotatable bonds is 5. The summed E-state index contributed by atoms with van der Waals surface area (Å²) < 4.78 is 1.87. The zero-order valence-corrected chi connectivity index (χ0v) is 15.1. The van der Waals surface area contributed by atoms with Gasteiger partial charge >= 0.3 is 0 Å². The van der Waals surface area contributed by atoms with Crippen LogP contribution < -0.4 is 4.90 Å². The standard InChI is InChI=1S/C19H21N5S/c1-23-12-17(9-21-23)16-7-8-24(13-16)18-10-20-11-19(22-18)25-14-15-5-3-2-4-6-15/h2-6,9-12,16H,7-8,13-14H2,1H3. The lowest BCUT2D eigenvalue weighted by Gasteiger charge is -2.17. The molecular formula is C19H21N5S. The fraction of sp³-hybridized carbons (Fsp3) is 0.316. The third kappa shape index (κ3) is 3.85. The van der Waals surface area contributed by atoms with Gasteiger partial charge in [0, 0.05) is 38.0 Å². The normalized spacial score (nSPS) is 17.2. The Morgan fingerprint density at radius 2 is 2.04 bits per heavy atom. The van der Waals surface area contributed by atoms with Crippen molar-refractivity contribution in [3.05, 3.63) is 66.2 Å². The summed E-state index contributed by atoms with van der Waals surface area (Å²) in [5.41, 5.74) is 2.62. The van der Waals surface area contributed by atoms with Gasteiger partial charge in [-0.1, -0.05) is 30.3 Å². The lowest BCUT2D eigenvalue weighted by Crippen LogP contribution is -2.20. The third-order valence-corrected chi connectivity index (χ3v) is 5.51. The predicted molar refractivity (Wildman–Crippen MR) is 101 cm³/mol. The van der Waals surface area contributed by atoms with Gasteiger partial charge in [0.25, 0.3) is 0 Å². The molecule has 6 heteroatoms. The van der Waals surface area contributed by atoms with E-state index in [1.54, 1.807) is 11.8 Å². The van der Waals surface area contributed by atoms with Crippen LogP contribution in [0.4, 0.5) is 5.82 Å². The molecule has 2 aromatic heterocycles. The lowest BCUT2D eigenvalue weighted by atomic mass is 10.0. The number of benzene rings is 1. The Morgan fingerprint density at radius 1 is 1.16 bits per heavy atom. The number of aromatic nitrogens is 4. The maximum absolute atomic E-state index is 4.81. The molecule has 1 atom stereocenters. The Hall–Kier alpha value is -2.34. The van der Waals surface area contributed by atoms with E-state index in [0.717, 1.165) is 36.1 Å². The van der Waals surface area contributed by atoms with Crippen molar-refractivity contribution in [2.75, 3.05) is 18.0 Å². The van der Waals surface area contributed by atoms with Gasteiger partial charge in [0.2, 0.25) is 0 Å². The maximum atomic E-state index is 4.81. The molecule has 3 aromatic rings. The van der Waals surface area contributed by atoms with Crippen LogP contribution in [0.25, 0.3) is 0 Å². The predicted octanol–water partition coefficient (Wildman–Crippen LogP) is 3.50. The van der Waals surface area contributed by atoms with Crippen LogP contribution in [0.15, 0.2) is 60.1 Å². The van der Waals surface area contributed by atoms with Crippen LogP contribution in [0, 0.1) is 0 Å². The first kappa shape index (κ1) is 16.1. The summed E-state index contributed by atoms with van der Waals surface area (Å²) in [6.45, 7) is 1.99. The molecule has 5 nitrogen and oxygen atoms in total. The van der Waals surface area contributed by atoms with Crippen molar-refractivity contribution in [2.45, 2.75) is 23.1 Å². The van der Waals surface area contributed by atoms with Crippen LogP contribution in [0.2, 0.25) is 0 Å². The second-order valence-electron chi connectivity index (χ2n) is 6.37. The van der Waals surface area contributed by atoms with Gasteiger partial charge in [-0.2, -0.15) is 5.10 Å². The van der Waals surface area contributed by atoms with Gasteiger partial charge in [0.1, 0.15) is 10.8 Å². The molecule has 0 N–H and O–H groups in total. The van der Waals surface area contributed by atoms with Crippen LogP contribution in [-0.2, 0) is 12.8 Å². The van der Waals surface area contributed by atoms with Gasteiger partial charge < -0.3 is 4.90 Å². The van der Waals surface area contributed by atoms with Crippen LogP contribution in [0.1, 0.15) is 23.5 Å². The molecule has 1 saturated heterocycles. The molecule has 1 unspecified atom stereocenters. The number of hydrogen-bond acceptors (Lipinski definition) is 5. The molecule has 0 spiro atoms. The van der Waals surface area contributed by atoms with Crippen LogP contribution in [0.3, 0.4) is 0 Å². The molecule has 1 aromatic carbocycles. The average molecular weight is 351 g/mol. The zero-order chi connectivity index (χ0) is 17.1. The van der Waals surface area contributed by atoms with Gasteiger partial charge in [-0.05, 0) is 17.5 Å². The molecule has 1 aliphatic heterocycles. The van der Waals surface area contributed by atoms with E-state index in [4.69, 9.17) is 4.98 Å². The second kappa shape index (κ2) is 7.27. The van der Waals surface area contributed by atoms with Crippen molar-refractivity contribution in [1.29, 1.82) is 0 Å². The Labute approximate surface area is 152 Å². The summed E-state index contributed by atoms with van der Waals surface area (Å²) in [4.78, 5) is 11.5. The highest BCUT2D eigenvalue weighted by molar-refractivity contribution is 7.98. The first-order chi connectivity index (χ1) is 12.3. The Balaban J connectivity index is 1.41. The van der Waals surface area contributed by atoms with E-state index in [1.165, 1.54) is 11.1 Å². The van der Waals surface area contributed by atoms with Gasteiger partial charge in [-0.15, -0.1) is 11.8 Å². The minimum atomic E-state index is 0.524. The van der Waals surface area contributed by atoms with E-state index in [1.807, 2.05) is 36.4 Å². The van der Waals surface area contributed by atoms with Gasteiger partial charge in [-0.3, -0.25) is 9.67 Å². The summed E-state index contributed by atoms with van der Waals surface area (Å²) >= 11 is 1.73. The molecule has 0 radical (unpaired) electrons. The van der Waals surface area contributed by atoms with Crippen molar-refractivity contribution < 1.29 is 0 Å². The summed E-state index contributed by atoms with van der Waals surface area (Å²) in [5, 5.41) is 5.27. The minimum Gasteiger partial charge on any atom is -0.355 e. The average Bonchev–Trinajstić information content (AvgIpc) is 3.30. The van der Waals surface area contributed by atoms with Crippen molar-refractivity contribution in [3.63, 3.8) is 0 Å². The minimum absolute atomic E-state index is 0.524. The van der Waals surface area contributed by atoms with E-state index in [9.17, 15) is 0 Å². The van der Waals surface area contributed by atoms with Crippen molar-refractivity contribution >= 4 is 17.6 Å². The van der Waals surface area contributed by atoms with Crippen molar-refractivity contribution in [2.24, 2.45) is 7.05 Å². The topological polar surface area (TPSA) is 46.8 Å². The van der Waals surface area contributed by atoms with Crippen LogP contribution in [0.5, 0.6) is 0 Å². The summed E-state index contributed by atoms with van der Waals surface area (Å²) in [7, 11) is 1.97. The smallest absolute Gasteiger partial charge is 0.148 e. The lowest BCUT2D eigenvalue weighted by molar-refractivity contribution is 0.754. The highest BCUT2D eigenvalue weighted by Gasteiger charge is 2.26. The molecule has 25 heavy (non-hydrogen) atoms. The molecule has 0 aliphatic carbocycles. The summed E-state index contributed by atoms with van der Waals surface area (Å²) in [5.74, 6) is 2.41. The molecule has 1 fully saturated rings. The monoisotopic (exact) mass is 351 g/mol. The van der Waals surface area contributed by atoms with Gasteiger partial charge in [0.05, 0.1) is 18.6 Å². The third-order valence-electron chi connectivity index (χ3n) is 4.54. The molecule has 3 heterocycles. The second-order valence-corrected chi connectivity index (χ2v) is 7.36. The SMILES string of the molecule is Cn1cc(C2CCN(c3cncc(SCc4ccccc4)n3)C2)cn1. The number of hydrogen-bond donors (Lipinski definition) is 0. The first-order valence-corrected chi connectivity index (χ1v) is 9.49. The fourth-order valence-corrected chi connectivity index (χ4v) is 3.98. The molecule has 0 saturated carbocycles. The fourth-order valence-electron chi connectivity index (χ4n) is 3.18. The van der Waals surface area contributed by atoms with Gasteiger partial charge in [-0.25, -0.2) is 4.98 Å². The Morgan fingerprint density at radius 3 is 2.84 bits per heavy atom. The van der Waals surface area contributed by atoms with Gasteiger partial charge in [0.15, 0.2) is 0 Å². The van der Waals surface area contributed by atoms with E-state index in [2.05, 4.69) is 45.4 Å². The number of thioether (sulfide) groups is 1. The number of anilines is 1. The van der Waals surface area contributed by atoms with Crippen molar-refractivity contribution in [3.8, 4) is 0 Å². The Bertz CT molecular complexity index is 833. The van der Waals surface area contributed by atoms with E-state index >= 15 is 0 Å². The van der Waals surface area contributed by atoms with Crippen LogP contribution >= 0.6 is 11.8 Å². The number of aryl methyl sites for hydroxylation is 1.